The Hall–Kier alpha value is -2.87. The van der Waals surface area contributed by atoms with Gasteiger partial charge in [-0.05, 0) is 43.9 Å². The second-order valence-electron chi connectivity index (χ2n) is 11.2. The highest BCUT2D eigenvalue weighted by atomic mass is 32.1. The van der Waals surface area contributed by atoms with Crippen LogP contribution in [0.25, 0.3) is 0 Å². The van der Waals surface area contributed by atoms with E-state index in [1.54, 1.807) is 13.8 Å². The average Bonchev–Trinajstić information content (AvgIpc) is 3.58. The van der Waals surface area contributed by atoms with Gasteiger partial charge in [-0.2, -0.15) is 12.6 Å². The van der Waals surface area contributed by atoms with Gasteiger partial charge in [0.2, 0.25) is 29.5 Å². The summed E-state index contributed by atoms with van der Waals surface area (Å²) in [7, 11) is 0. The summed E-state index contributed by atoms with van der Waals surface area (Å²) in [4.78, 5) is 79.0. The van der Waals surface area contributed by atoms with Crippen molar-refractivity contribution in [1.29, 1.82) is 0 Å². The van der Waals surface area contributed by atoms with Crippen LogP contribution in [0.2, 0.25) is 0 Å². The number of nitrogens with one attached hydrogen (secondary N) is 3. The van der Waals surface area contributed by atoms with Crippen molar-refractivity contribution >= 4 is 48.1 Å². The predicted octanol–water partition coefficient (Wildman–Crippen LogP) is -0.902. The number of hydrogen-bond acceptors (Lipinski definition) is 8. The number of hydrogen-bond donors (Lipinski definition) is 6. The fourth-order valence-electron chi connectivity index (χ4n) is 5.02. The van der Waals surface area contributed by atoms with E-state index in [1.807, 2.05) is 13.8 Å². The predicted molar refractivity (Wildman–Crippen MR) is 150 cm³/mol. The van der Waals surface area contributed by atoms with Crippen LogP contribution in [0.1, 0.15) is 59.8 Å². The van der Waals surface area contributed by atoms with Crippen molar-refractivity contribution in [2.75, 3.05) is 25.4 Å². The van der Waals surface area contributed by atoms with E-state index >= 15 is 0 Å². The highest BCUT2D eigenvalue weighted by Gasteiger charge is 2.41. The molecule has 226 valence electrons. The summed E-state index contributed by atoms with van der Waals surface area (Å²) < 4.78 is 0. The molecule has 2 heterocycles. The zero-order valence-corrected chi connectivity index (χ0v) is 24.6. The number of amides is 5. The number of thiol groups is 1. The molecule has 5 amide bonds. The molecule has 2 rings (SSSR count). The van der Waals surface area contributed by atoms with Gasteiger partial charge in [0.25, 0.3) is 0 Å². The summed E-state index contributed by atoms with van der Waals surface area (Å²) in [5, 5.41) is 17.3. The SMILES string of the molecule is CC(C)C[C@H](NC(=O)[C@@H]1CCCN1C(=O)[C@@H](NC(=O)[C@@H]1CCCN1C(=O)CNC(=O)[C@@H](N)CS)C(C)C)C(=O)O. The maximum absolute atomic E-state index is 13.6. The van der Waals surface area contributed by atoms with Gasteiger partial charge in [0, 0.05) is 18.8 Å². The number of rotatable bonds is 13. The van der Waals surface area contributed by atoms with E-state index in [1.165, 1.54) is 9.80 Å². The fraction of sp³-hybridized carbons (Fsp3) is 0.769. The summed E-state index contributed by atoms with van der Waals surface area (Å²) in [6, 6.07) is -4.50. The molecule has 0 unspecified atom stereocenters. The highest BCUT2D eigenvalue weighted by molar-refractivity contribution is 7.80. The van der Waals surface area contributed by atoms with Crippen LogP contribution < -0.4 is 21.7 Å². The minimum Gasteiger partial charge on any atom is -0.480 e. The summed E-state index contributed by atoms with van der Waals surface area (Å²) in [5.74, 6) is -3.68. The lowest BCUT2D eigenvalue weighted by atomic mass is 10.0. The average molecular weight is 585 g/mol. The number of nitrogens with two attached hydrogens (primary N) is 1. The molecule has 2 aliphatic rings. The zero-order valence-electron chi connectivity index (χ0n) is 23.7. The van der Waals surface area contributed by atoms with E-state index in [9.17, 15) is 33.9 Å². The summed E-state index contributed by atoms with van der Waals surface area (Å²) in [6.45, 7) is 7.59. The van der Waals surface area contributed by atoms with E-state index in [0.29, 0.717) is 38.8 Å². The molecule has 0 aromatic carbocycles. The minimum atomic E-state index is -1.13. The number of aliphatic carboxylic acids is 1. The topological polar surface area (TPSA) is 191 Å². The first-order valence-corrected chi connectivity index (χ1v) is 14.5. The largest absolute Gasteiger partial charge is 0.480 e. The molecule has 0 aliphatic carbocycles. The molecule has 0 aromatic heterocycles. The number of carbonyl (C=O) groups is 6. The van der Waals surface area contributed by atoms with Crippen molar-refractivity contribution in [2.24, 2.45) is 17.6 Å². The second kappa shape index (κ2) is 15.2. The van der Waals surface area contributed by atoms with Crippen LogP contribution in [0.3, 0.4) is 0 Å². The van der Waals surface area contributed by atoms with Crippen molar-refractivity contribution < 1.29 is 33.9 Å². The molecule has 0 saturated carbocycles. The van der Waals surface area contributed by atoms with Gasteiger partial charge in [-0.15, -0.1) is 0 Å². The third-order valence-electron chi connectivity index (χ3n) is 7.21. The van der Waals surface area contributed by atoms with Crippen LogP contribution in [0.15, 0.2) is 0 Å². The minimum absolute atomic E-state index is 0.0483. The van der Waals surface area contributed by atoms with Gasteiger partial charge in [-0.3, -0.25) is 24.0 Å². The molecule has 13 nitrogen and oxygen atoms in total. The molecule has 2 saturated heterocycles. The van der Waals surface area contributed by atoms with E-state index in [2.05, 4.69) is 28.6 Å². The van der Waals surface area contributed by atoms with Crippen LogP contribution in [-0.2, 0) is 28.8 Å². The molecule has 0 aromatic rings. The third-order valence-corrected chi connectivity index (χ3v) is 7.61. The maximum Gasteiger partial charge on any atom is 0.326 e. The molecule has 0 radical (unpaired) electrons. The lowest BCUT2D eigenvalue weighted by molar-refractivity contribution is -0.146. The van der Waals surface area contributed by atoms with Crippen molar-refractivity contribution in [3.05, 3.63) is 0 Å². The lowest BCUT2D eigenvalue weighted by Crippen LogP contribution is -2.59. The van der Waals surface area contributed by atoms with Gasteiger partial charge in [0.15, 0.2) is 0 Å². The normalized spacial score (nSPS) is 21.2. The first kappa shape index (κ1) is 33.3. The molecule has 5 atom stereocenters. The van der Waals surface area contributed by atoms with Gasteiger partial charge in [0.1, 0.15) is 24.2 Å². The smallest absolute Gasteiger partial charge is 0.326 e. The fourth-order valence-corrected chi connectivity index (χ4v) is 5.19. The summed E-state index contributed by atoms with van der Waals surface area (Å²) in [5.41, 5.74) is 5.61. The number of nitrogens with zero attached hydrogens (tertiary/aromatic N) is 2. The highest BCUT2D eigenvalue weighted by Crippen LogP contribution is 2.22. The van der Waals surface area contributed by atoms with Crippen molar-refractivity contribution in [1.82, 2.24) is 25.8 Å². The van der Waals surface area contributed by atoms with E-state index in [-0.39, 0.29) is 30.6 Å². The molecule has 2 aliphatic heterocycles. The standard InChI is InChI=1S/C26H44N6O7S/c1-14(2)11-17(26(38)39)29-23(35)19-8-6-10-32(19)25(37)21(15(3)4)30-24(36)18-7-5-9-31(18)20(33)12-28-22(34)16(27)13-40/h14-19,21,40H,5-13,27H2,1-4H3,(H,28,34)(H,29,35)(H,30,36)(H,38,39)/t16-,17-,18-,19-,21-/m0/s1. The Kier molecular flexibility index (Phi) is 12.7. The number of carbonyl (C=O) groups excluding carboxylic acids is 5. The molecular weight excluding hydrogens is 540 g/mol. The van der Waals surface area contributed by atoms with Gasteiger partial charge in [0.05, 0.1) is 12.6 Å². The third kappa shape index (κ3) is 8.82. The quantitative estimate of drug-likeness (QED) is 0.150. The van der Waals surface area contributed by atoms with Crippen LogP contribution in [-0.4, -0.2) is 106 Å². The monoisotopic (exact) mass is 584 g/mol. The van der Waals surface area contributed by atoms with Gasteiger partial charge in [-0.1, -0.05) is 27.7 Å². The van der Waals surface area contributed by atoms with Crippen LogP contribution in [0.4, 0.5) is 0 Å². The van der Waals surface area contributed by atoms with Crippen molar-refractivity contribution in [3.63, 3.8) is 0 Å². The Balaban J connectivity index is 2.08. The number of carboxylic acid groups (broad SMARTS) is 1. The van der Waals surface area contributed by atoms with Crippen LogP contribution in [0, 0.1) is 11.8 Å². The maximum atomic E-state index is 13.6. The van der Waals surface area contributed by atoms with Crippen LogP contribution in [0.5, 0.6) is 0 Å². The van der Waals surface area contributed by atoms with Gasteiger partial charge < -0.3 is 36.6 Å². The van der Waals surface area contributed by atoms with Crippen molar-refractivity contribution in [3.8, 4) is 0 Å². The molecular formula is C26H44N6O7S. The van der Waals surface area contributed by atoms with Gasteiger partial charge >= 0.3 is 5.97 Å². The van der Waals surface area contributed by atoms with E-state index in [0.717, 1.165) is 0 Å². The van der Waals surface area contributed by atoms with Crippen molar-refractivity contribution in [2.45, 2.75) is 90.0 Å². The summed E-state index contributed by atoms with van der Waals surface area (Å²) >= 11 is 3.96. The Morgan fingerprint density at radius 2 is 1.48 bits per heavy atom. The molecule has 6 N–H and O–H groups in total. The lowest BCUT2D eigenvalue weighted by Gasteiger charge is -2.32. The zero-order chi connectivity index (χ0) is 30.1. The first-order chi connectivity index (χ1) is 18.8. The molecule has 0 bridgehead atoms. The summed E-state index contributed by atoms with van der Waals surface area (Å²) in [6.07, 6.45) is 2.20. The molecule has 14 heteroatoms. The van der Waals surface area contributed by atoms with E-state index < -0.39 is 65.7 Å². The van der Waals surface area contributed by atoms with Gasteiger partial charge in [-0.25, -0.2) is 4.79 Å². The molecule has 40 heavy (non-hydrogen) atoms. The Bertz CT molecular complexity index is 962. The molecule has 0 spiro atoms. The molecule has 2 fully saturated rings. The Morgan fingerprint density at radius 1 is 0.925 bits per heavy atom. The number of carboxylic acids is 1. The first-order valence-electron chi connectivity index (χ1n) is 13.9. The Labute approximate surface area is 240 Å². The Morgan fingerprint density at radius 3 is 2.00 bits per heavy atom. The number of likely N-dealkylation sites (tertiary alicyclic amines) is 2. The second-order valence-corrected chi connectivity index (χ2v) is 11.6. The van der Waals surface area contributed by atoms with E-state index in [4.69, 9.17) is 5.73 Å². The van der Waals surface area contributed by atoms with Crippen LogP contribution >= 0.6 is 12.6 Å².